The lowest BCUT2D eigenvalue weighted by Gasteiger charge is -2.78. The van der Waals surface area contributed by atoms with Gasteiger partial charge in [-0.15, -0.1) is 5.92 Å². The molecular weight excluding hydrogens is 853 g/mol. The Labute approximate surface area is 401 Å². The predicted octanol–water partition coefficient (Wildman–Crippen LogP) is 6.20. The number of aliphatic hydroxyl groups excluding tert-OH is 5. The number of Topliss-reactive ketones (excluding diaryl/α,β-unsaturated/α-hetero) is 1. The van der Waals surface area contributed by atoms with E-state index < -0.39 is 69.6 Å². The third-order valence-corrected chi connectivity index (χ3v) is 22.9. The van der Waals surface area contributed by atoms with Crippen molar-refractivity contribution in [2.45, 2.75) is 154 Å². The standard InChI is InChI=1S/C59H74O9/c1-34(61)36-24-37-27-42-35(25-40(37)41(26-36)45(62)12-9-23-68-4)14-20-54-21-16-47-57(50(66)31-60)19-8-11-39(28-49(57)65)58(42,47)51(54)46(63)29-43-44-30-52(2)17-6-5-13-48(64)59(44)55(32-52)18-7-10-38(55)15-22-56(59,67)33-53(43,54)3/h8,11,15,22,24-27,29,34-35,38-39,42,44,47-51,60-61,64-67H,6-7,9-10,12,14,16-21,23,28,30-33H2,1-4H3. The van der Waals surface area contributed by atoms with Crippen LogP contribution in [-0.2, 0) is 9.53 Å². The van der Waals surface area contributed by atoms with Gasteiger partial charge in [0.15, 0.2) is 11.6 Å². The second kappa shape index (κ2) is 15.2. The van der Waals surface area contributed by atoms with E-state index in [1.807, 2.05) is 18.2 Å². The van der Waals surface area contributed by atoms with Gasteiger partial charge in [0.2, 0.25) is 0 Å². The van der Waals surface area contributed by atoms with Crippen molar-refractivity contribution in [3.05, 3.63) is 69.7 Å². The second-order valence-electron chi connectivity index (χ2n) is 25.1. The molecule has 14 rings (SSSR count). The minimum absolute atomic E-state index is 0.00207. The molecule has 0 heterocycles. The molecule has 0 amide bonds. The molecule has 3 spiro atoms. The first-order valence-electron chi connectivity index (χ1n) is 26.5. The summed E-state index contributed by atoms with van der Waals surface area (Å²) in [5.41, 5.74) is -3.85. The molecule has 6 N–H and O–H groups in total. The molecule has 0 aromatic heterocycles. The smallest absolute Gasteiger partial charge is 0.163 e. The summed E-state index contributed by atoms with van der Waals surface area (Å²) in [7, 11) is 1.64. The molecule has 6 fully saturated rings. The molecule has 6 saturated carbocycles. The number of benzene rings is 1. The second-order valence-corrected chi connectivity index (χ2v) is 25.1. The molecule has 6 bridgehead atoms. The lowest BCUT2D eigenvalue weighted by Crippen LogP contribution is -2.78. The molecule has 13 aliphatic rings. The maximum Gasteiger partial charge on any atom is 0.163 e. The van der Waals surface area contributed by atoms with E-state index >= 15 is 4.79 Å². The molecule has 0 radical (unpaired) electrons. The van der Waals surface area contributed by atoms with Crippen molar-refractivity contribution in [3.8, 4) is 11.8 Å². The van der Waals surface area contributed by atoms with Crippen molar-refractivity contribution in [3.63, 3.8) is 0 Å². The lowest BCUT2D eigenvalue weighted by molar-refractivity contribution is -0.297. The first-order chi connectivity index (χ1) is 32.5. The summed E-state index contributed by atoms with van der Waals surface area (Å²) in [6.45, 7) is 6.47. The number of fused-ring (bicyclic) bond motifs is 8. The van der Waals surface area contributed by atoms with Crippen LogP contribution in [0.4, 0.5) is 0 Å². The number of carbonyl (C=O) groups excluding carboxylic acids is 2. The highest BCUT2D eigenvalue weighted by molar-refractivity contribution is 5.97. The maximum absolute atomic E-state index is 16.6. The summed E-state index contributed by atoms with van der Waals surface area (Å²) in [4.78, 5) is 30.9. The molecule has 68 heavy (non-hydrogen) atoms. The lowest BCUT2D eigenvalue weighted by atomic mass is 9.25. The van der Waals surface area contributed by atoms with Crippen molar-refractivity contribution < 1.29 is 45.0 Å². The zero-order chi connectivity index (χ0) is 47.6. The summed E-state index contributed by atoms with van der Waals surface area (Å²) >= 11 is 0. The Hall–Kier alpha value is -3.20. The van der Waals surface area contributed by atoms with Crippen molar-refractivity contribution in [1.29, 1.82) is 0 Å². The van der Waals surface area contributed by atoms with E-state index in [1.54, 1.807) is 14.0 Å². The van der Waals surface area contributed by atoms with Crippen molar-refractivity contribution in [2.24, 2.45) is 79.3 Å². The van der Waals surface area contributed by atoms with Gasteiger partial charge in [0, 0.05) is 43.5 Å². The molecule has 9 heteroatoms. The Kier molecular flexibility index (Phi) is 10.2. The predicted molar refractivity (Wildman–Crippen MR) is 257 cm³/mol. The largest absolute Gasteiger partial charge is 0.394 e. The van der Waals surface area contributed by atoms with Gasteiger partial charge in [-0.2, -0.15) is 0 Å². The van der Waals surface area contributed by atoms with Gasteiger partial charge in [-0.1, -0.05) is 68.2 Å². The van der Waals surface area contributed by atoms with Gasteiger partial charge in [-0.25, -0.2) is 0 Å². The summed E-state index contributed by atoms with van der Waals surface area (Å²) in [5.74, 6) is 5.25. The number of aliphatic hydroxyl groups is 6. The van der Waals surface area contributed by atoms with Crippen LogP contribution in [0.5, 0.6) is 0 Å². The van der Waals surface area contributed by atoms with Crippen LogP contribution in [0.1, 0.15) is 146 Å². The fourth-order valence-electron chi connectivity index (χ4n) is 20.8. The van der Waals surface area contributed by atoms with Crippen LogP contribution in [0.2, 0.25) is 0 Å². The minimum Gasteiger partial charge on any atom is -0.394 e. The molecular formula is C59H74O9. The van der Waals surface area contributed by atoms with Crippen molar-refractivity contribution in [2.75, 3.05) is 20.3 Å². The first-order valence-corrected chi connectivity index (χ1v) is 26.5. The molecule has 19 unspecified atom stereocenters. The SMILES string of the molecule is COCCCC(=O)c1cc(C(C)O)cc2c1=CC1CCC34CCC5C6(C(O)CO)CC=CC(CC6O)C5(C1C=2)C3C(=O)C=C1C2CC3(C)CCC#CC(O)C25C(O)(C=CC2CCCC25C3)CC14C. The summed E-state index contributed by atoms with van der Waals surface area (Å²) in [6.07, 6.45) is 22.3. The van der Waals surface area contributed by atoms with Gasteiger partial charge >= 0.3 is 0 Å². The van der Waals surface area contributed by atoms with Crippen LogP contribution in [-0.4, -0.2) is 86.4 Å². The van der Waals surface area contributed by atoms with E-state index in [0.29, 0.717) is 75.5 Å². The first kappa shape index (κ1) is 45.9. The fraction of sp³-hybridized carbons (Fsp3) is 0.695. The summed E-state index contributed by atoms with van der Waals surface area (Å²) in [6, 6.07) is 3.88. The Morgan fingerprint density at radius 2 is 1.79 bits per heavy atom. The average molecular weight is 927 g/mol. The highest BCUT2D eigenvalue weighted by Crippen LogP contribution is 2.85. The van der Waals surface area contributed by atoms with Crippen LogP contribution in [0.3, 0.4) is 0 Å². The normalized spacial score (nSPS) is 49.3. The number of carbonyl (C=O) groups is 2. The molecule has 19 atom stereocenters. The highest BCUT2D eigenvalue weighted by atomic mass is 16.5. The number of hydrogen-bond acceptors (Lipinski definition) is 9. The quantitative estimate of drug-likeness (QED) is 0.0772. The van der Waals surface area contributed by atoms with Gasteiger partial charge in [0.1, 0.15) is 6.10 Å². The molecule has 0 aliphatic heterocycles. The van der Waals surface area contributed by atoms with E-state index in [4.69, 9.17) is 4.74 Å². The monoisotopic (exact) mass is 927 g/mol. The number of methoxy groups -OCH3 is 1. The Balaban J connectivity index is 1.13. The van der Waals surface area contributed by atoms with Gasteiger partial charge in [-0.05, 0) is 187 Å². The van der Waals surface area contributed by atoms with E-state index in [-0.39, 0.29) is 57.9 Å². The third-order valence-electron chi connectivity index (χ3n) is 22.9. The Morgan fingerprint density at radius 3 is 2.57 bits per heavy atom. The van der Waals surface area contributed by atoms with Crippen LogP contribution in [0.15, 0.2) is 48.1 Å². The summed E-state index contributed by atoms with van der Waals surface area (Å²) in [5, 5.41) is 75.9. The van der Waals surface area contributed by atoms with Crippen LogP contribution in [0.25, 0.3) is 12.2 Å². The van der Waals surface area contributed by atoms with E-state index in [0.717, 1.165) is 61.0 Å². The minimum atomic E-state index is -1.41. The van der Waals surface area contributed by atoms with Crippen molar-refractivity contribution in [1.82, 2.24) is 0 Å². The van der Waals surface area contributed by atoms with Gasteiger partial charge in [0.25, 0.3) is 0 Å². The number of ether oxygens (including phenoxy) is 1. The summed E-state index contributed by atoms with van der Waals surface area (Å²) < 4.78 is 5.34. The molecule has 13 aliphatic carbocycles. The van der Waals surface area contributed by atoms with Crippen molar-refractivity contribution >= 4 is 23.7 Å². The zero-order valence-corrected chi connectivity index (χ0v) is 40.7. The van der Waals surface area contributed by atoms with Gasteiger partial charge in [0.05, 0.1) is 35.9 Å². The number of rotatable bonds is 8. The maximum atomic E-state index is 16.6. The van der Waals surface area contributed by atoms with Crippen LogP contribution >= 0.6 is 0 Å². The Bertz CT molecular complexity index is 2640. The van der Waals surface area contributed by atoms with E-state index in [9.17, 15) is 35.4 Å². The fourth-order valence-corrected chi connectivity index (χ4v) is 20.8. The number of allylic oxidation sites excluding steroid dienone is 5. The zero-order valence-electron chi connectivity index (χ0n) is 40.7. The van der Waals surface area contributed by atoms with Crippen LogP contribution < -0.4 is 10.4 Å². The van der Waals surface area contributed by atoms with E-state index in [1.165, 1.54) is 0 Å². The Morgan fingerprint density at radius 1 is 0.985 bits per heavy atom. The average Bonchev–Trinajstić information content (AvgIpc) is 3.55. The van der Waals surface area contributed by atoms with Crippen LogP contribution in [0, 0.1) is 91.2 Å². The molecule has 364 valence electrons. The van der Waals surface area contributed by atoms with E-state index in [2.05, 4.69) is 62.1 Å². The molecule has 1 aromatic rings. The van der Waals surface area contributed by atoms with Gasteiger partial charge in [-0.3, -0.25) is 9.59 Å². The molecule has 0 saturated heterocycles. The topological polar surface area (TPSA) is 165 Å². The molecule has 9 nitrogen and oxygen atoms in total. The number of ketones is 2. The number of hydrogen-bond donors (Lipinski definition) is 6. The highest BCUT2D eigenvalue weighted by Gasteiger charge is 2.84. The molecule has 1 aromatic carbocycles. The van der Waals surface area contributed by atoms with Gasteiger partial charge < -0.3 is 35.4 Å². The third kappa shape index (κ3) is 5.35.